The van der Waals surface area contributed by atoms with Gasteiger partial charge in [0.05, 0.1) is 0 Å². The molecule has 0 aliphatic carbocycles. The fraction of sp³-hybridized carbons (Fsp3) is 0.333. The van der Waals surface area contributed by atoms with E-state index in [1.807, 2.05) is 19.1 Å². The molecule has 0 bridgehead atoms. The number of hydrogen-bond acceptors (Lipinski definition) is 1. The highest BCUT2D eigenvalue weighted by Gasteiger charge is 2.06. The number of rotatable bonds is 3. The van der Waals surface area contributed by atoms with E-state index in [-0.39, 0.29) is 0 Å². The Morgan fingerprint density at radius 3 is 2.77 bits per heavy atom. The molecular weight excluding hydrogens is 160 g/mol. The van der Waals surface area contributed by atoms with E-state index < -0.39 is 0 Å². The van der Waals surface area contributed by atoms with Gasteiger partial charge in [-0.15, -0.1) is 6.58 Å². The zero-order valence-electron chi connectivity index (χ0n) is 8.25. The van der Waals surface area contributed by atoms with Crippen LogP contribution in [-0.4, -0.2) is 5.11 Å². The fourth-order valence-electron chi connectivity index (χ4n) is 1.59. The van der Waals surface area contributed by atoms with Crippen LogP contribution in [0.3, 0.4) is 0 Å². The van der Waals surface area contributed by atoms with Crippen LogP contribution in [0.2, 0.25) is 0 Å². The van der Waals surface area contributed by atoms with Crippen molar-refractivity contribution in [3.8, 4) is 5.75 Å². The van der Waals surface area contributed by atoms with E-state index >= 15 is 0 Å². The molecule has 13 heavy (non-hydrogen) atoms. The first kappa shape index (κ1) is 9.85. The standard InChI is InChI=1S/C12H16O/c1-4-5-9(2)12-7-6-11(13)8-10(12)3/h4,6-9,13H,1,5H2,2-3H3. The quantitative estimate of drug-likeness (QED) is 0.700. The summed E-state index contributed by atoms with van der Waals surface area (Å²) >= 11 is 0. The lowest BCUT2D eigenvalue weighted by Gasteiger charge is -2.12. The minimum absolute atomic E-state index is 0.340. The number of phenolic OH excluding ortho intramolecular Hbond substituents is 1. The molecule has 0 spiro atoms. The Bertz CT molecular complexity index is 302. The molecular formula is C12H16O. The van der Waals surface area contributed by atoms with Gasteiger partial charge >= 0.3 is 0 Å². The molecule has 0 aromatic heterocycles. The molecule has 0 radical (unpaired) electrons. The minimum Gasteiger partial charge on any atom is -0.508 e. The average Bonchev–Trinajstić information content (AvgIpc) is 2.04. The van der Waals surface area contributed by atoms with Gasteiger partial charge < -0.3 is 5.11 Å². The van der Waals surface area contributed by atoms with Crippen LogP contribution in [-0.2, 0) is 0 Å². The summed E-state index contributed by atoms with van der Waals surface area (Å²) in [5.41, 5.74) is 2.44. The molecule has 1 heteroatoms. The summed E-state index contributed by atoms with van der Waals surface area (Å²) in [6.45, 7) is 7.91. The van der Waals surface area contributed by atoms with Crippen LogP contribution in [0, 0.1) is 6.92 Å². The van der Waals surface area contributed by atoms with E-state index in [0.29, 0.717) is 11.7 Å². The van der Waals surface area contributed by atoms with Gasteiger partial charge in [-0.25, -0.2) is 0 Å². The predicted octanol–water partition coefficient (Wildman–Crippen LogP) is 3.38. The first-order chi connectivity index (χ1) is 6.15. The van der Waals surface area contributed by atoms with Crippen molar-refractivity contribution in [2.45, 2.75) is 26.2 Å². The second kappa shape index (κ2) is 4.13. The Hall–Kier alpha value is -1.24. The number of benzene rings is 1. The van der Waals surface area contributed by atoms with Crippen LogP contribution in [0.25, 0.3) is 0 Å². The molecule has 1 aromatic carbocycles. The normalized spacial score (nSPS) is 12.5. The van der Waals surface area contributed by atoms with Gasteiger partial charge in [0, 0.05) is 0 Å². The highest BCUT2D eigenvalue weighted by atomic mass is 16.3. The van der Waals surface area contributed by atoms with Crippen molar-refractivity contribution >= 4 is 0 Å². The fourth-order valence-corrected chi connectivity index (χ4v) is 1.59. The van der Waals surface area contributed by atoms with Crippen molar-refractivity contribution in [1.82, 2.24) is 0 Å². The number of hydrogen-bond donors (Lipinski definition) is 1. The second-order valence-corrected chi connectivity index (χ2v) is 3.47. The van der Waals surface area contributed by atoms with Gasteiger partial charge in [-0.3, -0.25) is 0 Å². The van der Waals surface area contributed by atoms with Gasteiger partial charge in [-0.05, 0) is 42.5 Å². The molecule has 1 unspecified atom stereocenters. The molecule has 1 atom stereocenters. The molecule has 1 N–H and O–H groups in total. The zero-order chi connectivity index (χ0) is 9.84. The third-order valence-electron chi connectivity index (χ3n) is 2.30. The molecule has 0 heterocycles. The average molecular weight is 176 g/mol. The SMILES string of the molecule is C=CCC(C)c1ccc(O)cc1C. The zero-order valence-corrected chi connectivity index (χ0v) is 8.25. The molecule has 1 nitrogen and oxygen atoms in total. The summed E-state index contributed by atoms with van der Waals surface area (Å²) in [6, 6.07) is 5.52. The maximum absolute atomic E-state index is 9.23. The lowest BCUT2D eigenvalue weighted by molar-refractivity contribution is 0.474. The van der Waals surface area contributed by atoms with Crippen LogP contribution in [0.1, 0.15) is 30.4 Å². The number of aryl methyl sites for hydroxylation is 1. The van der Waals surface area contributed by atoms with Gasteiger partial charge in [0.25, 0.3) is 0 Å². The van der Waals surface area contributed by atoms with Crippen LogP contribution in [0.4, 0.5) is 0 Å². The van der Waals surface area contributed by atoms with Crippen LogP contribution in [0.15, 0.2) is 30.9 Å². The summed E-state index contributed by atoms with van der Waals surface area (Å²) in [5, 5.41) is 9.23. The predicted molar refractivity (Wildman–Crippen MR) is 56.1 cm³/mol. The summed E-state index contributed by atoms with van der Waals surface area (Å²) in [6.07, 6.45) is 2.91. The summed E-state index contributed by atoms with van der Waals surface area (Å²) in [4.78, 5) is 0. The summed E-state index contributed by atoms with van der Waals surface area (Å²) < 4.78 is 0. The molecule has 0 fully saturated rings. The van der Waals surface area contributed by atoms with E-state index in [4.69, 9.17) is 0 Å². The van der Waals surface area contributed by atoms with Crippen LogP contribution in [0.5, 0.6) is 5.75 Å². The molecule has 1 rings (SSSR count). The molecule has 0 amide bonds. The molecule has 0 aliphatic heterocycles. The first-order valence-corrected chi connectivity index (χ1v) is 4.55. The van der Waals surface area contributed by atoms with Crippen molar-refractivity contribution in [1.29, 1.82) is 0 Å². The Morgan fingerprint density at radius 1 is 1.54 bits per heavy atom. The van der Waals surface area contributed by atoms with Crippen molar-refractivity contribution in [3.63, 3.8) is 0 Å². The third kappa shape index (κ3) is 2.35. The molecule has 0 saturated carbocycles. The molecule has 70 valence electrons. The van der Waals surface area contributed by atoms with Gasteiger partial charge in [0.1, 0.15) is 5.75 Å². The molecule has 1 aromatic rings. The highest BCUT2D eigenvalue weighted by Crippen LogP contribution is 2.25. The lowest BCUT2D eigenvalue weighted by atomic mass is 9.94. The van der Waals surface area contributed by atoms with Crippen molar-refractivity contribution in [2.24, 2.45) is 0 Å². The third-order valence-corrected chi connectivity index (χ3v) is 2.30. The van der Waals surface area contributed by atoms with E-state index in [9.17, 15) is 5.11 Å². The molecule has 0 aliphatic rings. The largest absolute Gasteiger partial charge is 0.508 e. The highest BCUT2D eigenvalue weighted by molar-refractivity contribution is 5.36. The minimum atomic E-state index is 0.340. The first-order valence-electron chi connectivity index (χ1n) is 4.55. The monoisotopic (exact) mass is 176 g/mol. The maximum atomic E-state index is 9.23. The summed E-state index contributed by atoms with van der Waals surface area (Å²) in [7, 11) is 0. The van der Waals surface area contributed by atoms with E-state index in [1.54, 1.807) is 12.1 Å². The Morgan fingerprint density at radius 2 is 2.23 bits per heavy atom. The topological polar surface area (TPSA) is 20.2 Å². The Balaban J connectivity index is 2.94. The van der Waals surface area contributed by atoms with Crippen molar-refractivity contribution < 1.29 is 5.11 Å². The van der Waals surface area contributed by atoms with Crippen molar-refractivity contribution in [3.05, 3.63) is 42.0 Å². The number of phenols is 1. The maximum Gasteiger partial charge on any atom is 0.115 e. The van der Waals surface area contributed by atoms with E-state index in [2.05, 4.69) is 13.5 Å². The van der Waals surface area contributed by atoms with Gasteiger partial charge in [-0.2, -0.15) is 0 Å². The molecule has 0 saturated heterocycles. The number of allylic oxidation sites excluding steroid dienone is 1. The Kier molecular flexibility index (Phi) is 3.13. The van der Waals surface area contributed by atoms with Crippen molar-refractivity contribution in [2.75, 3.05) is 0 Å². The van der Waals surface area contributed by atoms with Crippen LogP contribution < -0.4 is 0 Å². The second-order valence-electron chi connectivity index (χ2n) is 3.47. The number of aromatic hydroxyl groups is 1. The van der Waals surface area contributed by atoms with Gasteiger partial charge in [0.2, 0.25) is 0 Å². The Labute approximate surface area is 79.7 Å². The van der Waals surface area contributed by atoms with Gasteiger partial charge in [0.15, 0.2) is 0 Å². The van der Waals surface area contributed by atoms with E-state index in [0.717, 1.165) is 12.0 Å². The lowest BCUT2D eigenvalue weighted by Crippen LogP contribution is -1.94. The van der Waals surface area contributed by atoms with E-state index in [1.165, 1.54) is 5.56 Å². The van der Waals surface area contributed by atoms with Gasteiger partial charge in [-0.1, -0.05) is 19.1 Å². The van der Waals surface area contributed by atoms with Crippen LogP contribution >= 0.6 is 0 Å². The summed E-state index contributed by atoms with van der Waals surface area (Å²) in [5.74, 6) is 0.824. The smallest absolute Gasteiger partial charge is 0.115 e.